The van der Waals surface area contributed by atoms with Crippen molar-refractivity contribution in [2.75, 3.05) is 0 Å². The zero-order valence-corrected chi connectivity index (χ0v) is 25.9. The smallest absolute Gasteiger partial charge is 0.288 e. The van der Waals surface area contributed by atoms with Gasteiger partial charge in [-0.05, 0) is 47.3 Å². The standard InChI is InChI=1S/C27H44P2.C5.Fe/c1-21(29(26(2,3)4)27(5,6)7)24-19-14-20-25(24)28(22-15-10-8-11-16-22)23-17-12-9-13-18-23;1-2-4-5-3-1;/h21-23H,8-13,15-18H2,1-7H3;;/q2*-1;+2/t21-;;/m0../s1. The number of hydrogen-bond donors (Lipinski definition) is 0. The van der Waals surface area contributed by atoms with Gasteiger partial charge < -0.3 is 0 Å². The Morgan fingerprint density at radius 1 is 0.771 bits per heavy atom. The Labute approximate surface area is 230 Å². The fourth-order valence-electron chi connectivity index (χ4n) is 6.63. The summed E-state index contributed by atoms with van der Waals surface area (Å²) in [7, 11) is -0.304. The maximum Gasteiger partial charge on any atom is 2.00 e. The summed E-state index contributed by atoms with van der Waals surface area (Å²) in [6, 6.07) is 0. The van der Waals surface area contributed by atoms with Crippen LogP contribution in [0.15, 0.2) is 33.8 Å². The molecule has 0 nitrogen and oxygen atoms in total. The van der Waals surface area contributed by atoms with Gasteiger partial charge in [0.1, 0.15) is 0 Å². The Hall–Kier alpha value is -0.281. The third kappa shape index (κ3) is 8.62. The summed E-state index contributed by atoms with van der Waals surface area (Å²) >= 11 is 0. The Bertz CT molecular complexity index is 871. The predicted octanol–water partition coefficient (Wildman–Crippen LogP) is 9.81. The third-order valence-electron chi connectivity index (χ3n) is 7.39. The normalized spacial score (nSPS) is 21.2. The van der Waals surface area contributed by atoms with E-state index in [1.807, 2.05) is 0 Å². The van der Waals surface area contributed by atoms with Crippen LogP contribution in [0.3, 0.4) is 0 Å². The van der Waals surface area contributed by atoms with Crippen LogP contribution < -0.4 is 0 Å². The first kappa shape index (κ1) is 30.9. The summed E-state index contributed by atoms with van der Waals surface area (Å²) in [6.07, 6.45) is 26.6. The van der Waals surface area contributed by atoms with Crippen molar-refractivity contribution in [2.45, 2.75) is 140 Å². The van der Waals surface area contributed by atoms with Gasteiger partial charge in [0.2, 0.25) is 0 Å². The Morgan fingerprint density at radius 2 is 1.29 bits per heavy atom. The summed E-state index contributed by atoms with van der Waals surface area (Å²) in [5, 5.41) is 2.29. The molecule has 0 aromatic heterocycles. The zero-order valence-electron chi connectivity index (χ0n) is 23.1. The minimum absolute atomic E-state index is 0. The molecule has 35 heavy (non-hydrogen) atoms. The molecule has 0 heterocycles. The van der Waals surface area contributed by atoms with Crippen LogP contribution in [0, 0.1) is 24.3 Å². The van der Waals surface area contributed by atoms with Crippen LogP contribution >= 0.6 is 15.8 Å². The molecule has 4 aliphatic carbocycles. The van der Waals surface area contributed by atoms with Crippen molar-refractivity contribution >= 4 is 15.8 Å². The van der Waals surface area contributed by atoms with Crippen molar-refractivity contribution in [2.24, 2.45) is 0 Å². The minimum atomic E-state index is -0.191. The second kappa shape index (κ2) is 14.0. The minimum Gasteiger partial charge on any atom is -0.288 e. The topological polar surface area (TPSA) is 0 Å². The Balaban J connectivity index is 0.000000640. The van der Waals surface area contributed by atoms with Crippen molar-refractivity contribution in [1.29, 1.82) is 0 Å². The van der Waals surface area contributed by atoms with Crippen LogP contribution in [-0.2, 0) is 17.1 Å². The van der Waals surface area contributed by atoms with E-state index in [1.165, 1.54) is 69.8 Å². The van der Waals surface area contributed by atoms with E-state index in [1.54, 1.807) is 5.31 Å². The third-order valence-corrected chi connectivity index (χ3v) is 14.8. The van der Waals surface area contributed by atoms with Crippen LogP contribution in [0.5, 0.6) is 0 Å². The van der Waals surface area contributed by atoms with E-state index >= 15 is 0 Å². The quantitative estimate of drug-likeness (QED) is 0.139. The molecule has 0 unspecified atom stereocenters. The maximum absolute atomic E-state index is 3.70. The molecule has 0 aliphatic heterocycles. The summed E-state index contributed by atoms with van der Waals surface area (Å²) in [5.41, 5.74) is 15.2. The molecule has 0 spiro atoms. The monoisotopic (exact) mass is 546 g/mol. The van der Waals surface area contributed by atoms with Gasteiger partial charge in [-0.15, -0.1) is 39.4 Å². The van der Waals surface area contributed by atoms with Crippen LogP contribution in [0.25, 0.3) is 0 Å². The summed E-state index contributed by atoms with van der Waals surface area (Å²) in [4.78, 5) is 0. The molecule has 0 aromatic carbocycles. The Morgan fingerprint density at radius 3 is 1.66 bits per heavy atom. The van der Waals surface area contributed by atoms with Gasteiger partial charge in [0.15, 0.2) is 0 Å². The second-order valence-electron chi connectivity index (χ2n) is 12.1. The zero-order chi connectivity index (χ0) is 24.8. The van der Waals surface area contributed by atoms with Gasteiger partial charge in [-0.2, -0.15) is 11.6 Å². The second-order valence-corrected chi connectivity index (χ2v) is 19.1. The van der Waals surface area contributed by atoms with E-state index in [9.17, 15) is 0 Å². The molecule has 4 aliphatic rings. The van der Waals surface area contributed by atoms with Crippen molar-refractivity contribution in [3.63, 3.8) is 0 Å². The van der Waals surface area contributed by atoms with Gasteiger partial charge in [0.25, 0.3) is 0 Å². The molecule has 0 amide bonds. The molecular weight excluding hydrogens is 502 g/mol. The summed E-state index contributed by atoms with van der Waals surface area (Å²) < 4.78 is 0. The van der Waals surface area contributed by atoms with Crippen molar-refractivity contribution in [3.8, 4) is 0 Å². The molecule has 1 atom stereocenters. The van der Waals surface area contributed by atoms with E-state index in [0.29, 0.717) is 16.0 Å². The van der Waals surface area contributed by atoms with Crippen LogP contribution in [-0.4, -0.2) is 27.3 Å². The van der Waals surface area contributed by atoms with E-state index in [4.69, 9.17) is 0 Å². The van der Waals surface area contributed by atoms with Crippen molar-refractivity contribution < 1.29 is 17.1 Å². The Kier molecular flexibility index (Phi) is 12.4. The average Bonchev–Trinajstić information content (AvgIpc) is 3.49. The number of rotatable bonds is 5. The van der Waals surface area contributed by atoms with Crippen LogP contribution in [0.4, 0.5) is 0 Å². The molecule has 2 saturated carbocycles. The molecule has 0 aromatic rings. The molecule has 190 valence electrons. The SMILES string of the molecule is C[C@@H](C1=[C][C-]=C=C1P(C1CCCCC1)C1CCCCC1)P(C(C)(C)C)C(C)(C)C.[C]1=C=C=C=[C-]1.[Fe+2]. The van der Waals surface area contributed by atoms with Gasteiger partial charge in [0.05, 0.1) is 0 Å². The van der Waals surface area contributed by atoms with E-state index in [2.05, 4.69) is 95.7 Å². The van der Waals surface area contributed by atoms with E-state index in [0.717, 1.165) is 11.3 Å². The van der Waals surface area contributed by atoms with Gasteiger partial charge in [-0.25, -0.2) is 5.73 Å². The van der Waals surface area contributed by atoms with Gasteiger partial charge >= 0.3 is 17.1 Å². The molecule has 0 saturated heterocycles. The first-order valence-electron chi connectivity index (χ1n) is 13.4. The fourth-order valence-corrected chi connectivity index (χ4v) is 15.4. The molecule has 0 bridgehead atoms. The average molecular weight is 546 g/mol. The van der Waals surface area contributed by atoms with E-state index in [-0.39, 0.29) is 32.9 Å². The number of allylic oxidation sites excluding steroid dienone is 5. The largest absolute Gasteiger partial charge is 2.00 e. The van der Waals surface area contributed by atoms with Crippen LogP contribution in [0.1, 0.15) is 113 Å². The molecule has 4 rings (SSSR count). The van der Waals surface area contributed by atoms with E-state index < -0.39 is 0 Å². The fraction of sp³-hybridized carbons (Fsp3) is 0.688. The molecule has 0 N–H and O–H groups in total. The van der Waals surface area contributed by atoms with Crippen LogP contribution in [0.2, 0.25) is 0 Å². The van der Waals surface area contributed by atoms with Crippen molar-refractivity contribution in [3.05, 3.63) is 58.1 Å². The molecule has 3 heteroatoms. The first-order valence-corrected chi connectivity index (χ1v) is 16.3. The summed E-state index contributed by atoms with van der Waals surface area (Å²) in [5.74, 6) is 0. The molecule has 2 radical (unpaired) electrons. The number of hydrogen-bond acceptors (Lipinski definition) is 0. The molecular formula is C32H44FeP2. The first-order chi connectivity index (χ1) is 16.1. The van der Waals surface area contributed by atoms with Gasteiger partial charge in [-0.1, -0.05) is 92.7 Å². The van der Waals surface area contributed by atoms with Crippen molar-refractivity contribution in [1.82, 2.24) is 0 Å². The van der Waals surface area contributed by atoms with Gasteiger partial charge in [0, 0.05) is 0 Å². The predicted molar refractivity (Wildman–Crippen MR) is 151 cm³/mol. The summed E-state index contributed by atoms with van der Waals surface area (Å²) in [6.45, 7) is 17.3. The molecule has 2 fully saturated rings. The maximum atomic E-state index is 3.70. The van der Waals surface area contributed by atoms with Gasteiger partial charge in [-0.3, -0.25) is 17.2 Å².